The Balaban J connectivity index is 2.16. The molecule has 2 N–H and O–H groups in total. The Morgan fingerprint density at radius 1 is 1.26 bits per heavy atom. The van der Waals surface area contributed by atoms with Gasteiger partial charge >= 0.3 is 0 Å². The maximum absolute atomic E-state index is 9.95. The molecule has 0 saturated carbocycles. The van der Waals surface area contributed by atoms with Crippen molar-refractivity contribution in [2.45, 2.75) is 12.5 Å². The van der Waals surface area contributed by atoms with Crippen molar-refractivity contribution in [1.82, 2.24) is 5.32 Å². The monoisotopic (exact) mass is 285 g/mol. The van der Waals surface area contributed by atoms with Crippen molar-refractivity contribution in [3.63, 3.8) is 0 Å². The molecular formula is C14H23NO3S. The molecule has 0 aliphatic rings. The third-order valence-electron chi connectivity index (χ3n) is 2.57. The summed E-state index contributed by atoms with van der Waals surface area (Å²) in [4.78, 5) is 0. The summed E-state index contributed by atoms with van der Waals surface area (Å²) in [7, 11) is 1.64. The lowest BCUT2D eigenvalue weighted by Gasteiger charge is -2.22. The number of aliphatic hydroxyl groups is 1. The molecule has 1 aromatic carbocycles. The fraction of sp³-hybridized carbons (Fsp3) is 0.571. The molecule has 0 aromatic heterocycles. The zero-order chi connectivity index (χ0) is 14.1. The zero-order valence-corrected chi connectivity index (χ0v) is 12.6. The van der Waals surface area contributed by atoms with E-state index in [1.165, 1.54) is 0 Å². The first-order chi connectivity index (χ1) is 9.07. The average molecular weight is 285 g/mol. The van der Waals surface area contributed by atoms with Crippen LogP contribution in [0.1, 0.15) is 6.92 Å². The summed E-state index contributed by atoms with van der Waals surface area (Å²) in [6.45, 7) is 3.68. The van der Waals surface area contributed by atoms with Crippen molar-refractivity contribution < 1.29 is 14.6 Å². The van der Waals surface area contributed by atoms with Crippen LogP contribution in [0.3, 0.4) is 0 Å². The lowest BCUT2D eigenvalue weighted by molar-refractivity contribution is 0.0839. The van der Waals surface area contributed by atoms with Gasteiger partial charge in [-0.2, -0.15) is 11.8 Å². The van der Waals surface area contributed by atoms with Gasteiger partial charge in [0.05, 0.1) is 12.7 Å². The summed E-state index contributed by atoms with van der Waals surface area (Å²) < 4.78 is 10.7. The Bertz CT molecular complexity index is 354. The van der Waals surface area contributed by atoms with Crippen LogP contribution in [0.25, 0.3) is 0 Å². The molecule has 5 heteroatoms. The van der Waals surface area contributed by atoms with Gasteiger partial charge < -0.3 is 19.9 Å². The molecule has 108 valence electrons. The third-order valence-corrected chi connectivity index (χ3v) is 3.48. The van der Waals surface area contributed by atoms with E-state index >= 15 is 0 Å². The van der Waals surface area contributed by atoms with Crippen molar-refractivity contribution in [3.05, 3.63) is 24.3 Å². The van der Waals surface area contributed by atoms with Crippen LogP contribution in [-0.4, -0.2) is 49.5 Å². The lowest BCUT2D eigenvalue weighted by atomic mass is 10.1. The van der Waals surface area contributed by atoms with E-state index in [-0.39, 0.29) is 0 Å². The standard InChI is InChI=1S/C14H23NO3S/c1-14(16,11-19-3)10-15-8-9-18-13-6-4-12(17-2)5-7-13/h4-7,15-16H,8-11H2,1-3H3. The van der Waals surface area contributed by atoms with Gasteiger partial charge in [0.15, 0.2) is 0 Å². The van der Waals surface area contributed by atoms with Crippen LogP contribution in [0.2, 0.25) is 0 Å². The maximum atomic E-state index is 9.95. The second-order valence-electron chi connectivity index (χ2n) is 4.63. The predicted molar refractivity (Wildman–Crippen MR) is 80.4 cm³/mol. The highest BCUT2D eigenvalue weighted by Crippen LogP contribution is 2.16. The summed E-state index contributed by atoms with van der Waals surface area (Å²) in [5, 5.41) is 13.1. The number of thioether (sulfide) groups is 1. The van der Waals surface area contributed by atoms with Gasteiger partial charge in [-0.1, -0.05) is 0 Å². The molecule has 1 unspecified atom stereocenters. The molecule has 1 rings (SSSR count). The van der Waals surface area contributed by atoms with E-state index in [1.54, 1.807) is 18.9 Å². The molecule has 0 amide bonds. The van der Waals surface area contributed by atoms with E-state index in [0.29, 0.717) is 19.7 Å². The van der Waals surface area contributed by atoms with Crippen LogP contribution in [0.4, 0.5) is 0 Å². The molecule has 0 aliphatic carbocycles. The Morgan fingerprint density at radius 2 is 1.89 bits per heavy atom. The van der Waals surface area contributed by atoms with Crippen molar-refractivity contribution in [3.8, 4) is 11.5 Å². The fourth-order valence-electron chi connectivity index (χ4n) is 1.63. The normalized spacial score (nSPS) is 13.9. The van der Waals surface area contributed by atoms with Crippen molar-refractivity contribution in [2.24, 2.45) is 0 Å². The van der Waals surface area contributed by atoms with Crippen molar-refractivity contribution >= 4 is 11.8 Å². The highest BCUT2D eigenvalue weighted by atomic mass is 32.2. The number of methoxy groups -OCH3 is 1. The van der Waals surface area contributed by atoms with E-state index in [0.717, 1.165) is 17.3 Å². The lowest BCUT2D eigenvalue weighted by Crippen LogP contribution is -2.41. The van der Waals surface area contributed by atoms with Crippen LogP contribution < -0.4 is 14.8 Å². The Kier molecular flexibility index (Phi) is 7.05. The van der Waals surface area contributed by atoms with E-state index in [1.807, 2.05) is 37.4 Å². The van der Waals surface area contributed by atoms with Gasteiger partial charge in [-0.15, -0.1) is 0 Å². The Labute approximate surface area is 119 Å². The molecule has 0 saturated heterocycles. The molecule has 1 atom stereocenters. The quantitative estimate of drug-likeness (QED) is 0.677. The van der Waals surface area contributed by atoms with Crippen LogP contribution in [-0.2, 0) is 0 Å². The Hall–Kier alpha value is -0.910. The summed E-state index contributed by atoms with van der Waals surface area (Å²) in [5.41, 5.74) is -0.667. The summed E-state index contributed by atoms with van der Waals surface area (Å²) in [6, 6.07) is 7.49. The van der Waals surface area contributed by atoms with Gasteiger partial charge in [0.1, 0.15) is 18.1 Å². The Morgan fingerprint density at radius 3 is 2.47 bits per heavy atom. The van der Waals surface area contributed by atoms with Gasteiger partial charge in [-0.05, 0) is 37.4 Å². The maximum Gasteiger partial charge on any atom is 0.119 e. The largest absolute Gasteiger partial charge is 0.497 e. The van der Waals surface area contributed by atoms with E-state index in [4.69, 9.17) is 9.47 Å². The molecule has 19 heavy (non-hydrogen) atoms. The number of benzene rings is 1. The van der Waals surface area contributed by atoms with Crippen LogP contribution in [0.15, 0.2) is 24.3 Å². The summed E-state index contributed by atoms with van der Waals surface area (Å²) in [5.74, 6) is 2.36. The molecule has 4 nitrogen and oxygen atoms in total. The third kappa shape index (κ3) is 6.71. The van der Waals surface area contributed by atoms with E-state index in [9.17, 15) is 5.11 Å². The highest BCUT2D eigenvalue weighted by Gasteiger charge is 2.18. The number of nitrogens with one attached hydrogen (secondary N) is 1. The molecule has 0 bridgehead atoms. The first-order valence-corrected chi connectivity index (χ1v) is 7.66. The second-order valence-corrected chi connectivity index (χ2v) is 5.50. The van der Waals surface area contributed by atoms with Crippen LogP contribution in [0.5, 0.6) is 11.5 Å². The van der Waals surface area contributed by atoms with E-state index < -0.39 is 5.60 Å². The molecule has 1 aromatic rings. The van der Waals surface area contributed by atoms with E-state index in [2.05, 4.69) is 5.32 Å². The summed E-state index contributed by atoms with van der Waals surface area (Å²) in [6.07, 6.45) is 1.99. The number of hydrogen-bond donors (Lipinski definition) is 2. The topological polar surface area (TPSA) is 50.7 Å². The zero-order valence-electron chi connectivity index (χ0n) is 11.8. The minimum atomic E-state index is -0.667. The molecular weight excluding hydrogens is 262 g/mol. The fourth-order valence-corrected chi connectivity index (χ4v) is 2.36. The van der Waals surface area contributed by atoms with Crippen LogP contribution in [0, 0.1) is 0 Å². The van der Waals surface area contributed by atoms with Crippen molar-refractivity contribution in [2.75, 3.05) is 38.8 Å². The molecule has 0 aliphatic heterocycles. The average Bonchev–Trinajstić information content (AvgIpc) is 2.39. The van der Waals surface area contributed by atoms with Gasteiger partial charge in [0.2, 0.25) is 0 Å². The molecule has 0 radical (unpaired) electrons. The first kappa shape index (κ1) is 16.1. The van der Waals surface area contributed by atoms with Gasteiger partial charge in [0.25, 0.3) is 0 Å². The minimum absolute atomic E-state index is 0.569. The number of rotatable bonds is 9. The van der Waals surface area contributed by atoms with Gasteiger partial charge in [-0.3, -0.25) is 0 Å². The smallest absolute Gasteiger partial charge is 0.119 e. The SMILES string of the molecule is COc1ccc(OCCNCC(C)(O)CSC)cc1. The molecule has 0 spiro atoms. The molecule has 0 heterocycles. The first-order valence-electron chi connectivity index (χ1n) is 6.26. The number of hydrogen-bond acceptors (Lipinski definition) is 5. The van der Waals surface area contributed by atoms with Gasteiger partial charge in [-0.25, -0.2) is 0 Å². The molecule has 0 fully saturated rings. The summed E-state index contributed by atoms with van der Waals surface area (Å²) >= 11 is 1.64. The predicted octanol–water partition coefficient (Wildman–Crippen LogP) is 1.78. The van der Waals surface area contributed by atoms with Crippen molar-refractivity contribution in [1.29, 1.82) is 0 Å². The second kappa shape index (κ2) is 8.30. The van der Waals surface area contributed by atoms with Crippen LogP contribution >= 0.6 is 11.8 Å². The highest BCUT2D eigenvalue weighted by molar-refractivity contribution is 7.98. The van der Waals surface area contributed by atoms with Gasteiger partial charge in [0, 0.05) is 18.8 Å². The number of ether oxygens (including phenoxy) is 2. The minimum Gasteiger partial charge on any atom is -0.497 e.